The second-order valence-electron chi connectivity index (χ2n) is 3.56. The van der Waals surface area contributed by atoms with Crippen molar-refractivity contribution in [1.82, 2.24) is 4.98 Å². The molecule has 1 rings (SSSR count). The van der Waals surface area contributed by atoms with Crippen LogP contribution < -0.4 is 22.0 Å². The van der Waals surface area contributed by atoms with Crippen LogP contribution in [-0.2, 0) is 0 Å². The normalized spacial score (nSPS) is 13.9. The van der Waals surface area contributed by atoms with Gasteiger partial charge in [0.05, 0.1) is 16.8 Å². The molecule has 0 aliphatic carbocycles. The van der Waals surface area contributed by atoms with Crippen molar-refractivity contribution in [2.45, 2.75) is 20.8 Å². The highest BCUT2D eigenvalue weighted by Gasteiger charge is 2.03. The summed E-state index contributed by atoms with van der Waals surface area (Å²) < 4.78 is 0. The fourth-order valence-corrected chi connectivity index (χ4v) is 1.45. The molecular weight excluding hydrogens is 188 g/mol. The zero-order valence-electron chi connectivity index (χ0n) is 9.26. The number of aromatic nitrogens is 1. The van der Waals surface area contributed by atoms with Crippen molar-refractivity contribution in [1.29, 1.82) is 5.41 Å². The minimum atomic E-state index is 0.428. The summed E-state index contributed by atoms with van der Waals surface area (Å²) in [4.78, 5) is 4.31. The number of hydrogen-bond acceptors (Lipinski definition) is 4. The number of hydrogen-bond donors (Lipinski definition) is 3. The third kappa shape index (κ3) is 2.15. The van der Waals surface area contributed by atoms with Gasteiger partial charge in [-0.05, 0) is 32.4 Å². The van der Waals surface area contributed by atoms with Gasteiger partial charge in [-0.1, -0.05) is 0 Å². The van der Waals surface area contributed by atoms with Crippen LogP contribution in [0.1, 0.15) is 25.1 Å². The van der Waals surface area contributed by atoms with Crippen molar-refractivity contribution in [2.24, 2.45) is 11.5 Å². The van der Waals surface area contributed by atoms with E-state index in [-0.39, 0.29) is 0 Å². The van der Waals surface area contributed by atoms with Crippen LogP contribution in [0.25, 0.3) is 11.9 Å². The van der Waals surface area contributed by atoms with Gasteiger partial charge in [0.15, 0.2) is 0 Å². The molecular formula is C11H16N4. The molecule has 15 heavy (non-hydrogen) atoms. The molecule has 0 unspecified atom stereocenters. The van der Waals surface area contributed by atoms with Gasteiger partial charge in [-0.25, -0.2) is 4.98 Å². The average molecular weight is 204 g/mol. The molecule has 80 valence electrons. The molecule has 0 aliphatic heterocycles. The zero-order valence-corrected chi connectivity index (χ0v) is 9.26. The van der Waals surface area contributed by atoms with Crippen molar-refractivity contribution < 1.29 is 0 Å². The minimum Gasteiger partial charge on any atom is -0.403 e. The van der Waals surface area contributed by atoms with Gasteiger partial charge in [-0.15, -0.1) is 0 Å². The summed E-state index contributed by atoms with van der Waals surface area (Å²) in [6.45, 7) is 5.42. The van der Waals surface area contributed by atoms with Crippen molar-refractivity contribution in [2.75, 3.05) is 0 Å². The van der Waals surface area contributed by atoms with Crippen molar-refractivity contribution >= 4 is 17.6 Å². The molecule has 4 nitrogen and oxygen atoms in total. The largest absolute Gasteiger partial charge is 0.403 e. The van der Waals surface area contributed by atoms with Crippen LogP contribution in [0.3, 0.4) is 0 Å². The number of nitrogens with two attached hydrogens (primary N) is 2. The van der Waals surface area contributed by atoms with Crippen LogP contribution in [0.15, 0.2) is 6.07 Å². The number of nitrogens with one attached hydrogen (secondary N) is 1. The van der Waals surface area contributed by atoms with E-state index in [1.54, 1.807) is 13.8 Å². The average Bonchev–Trinajstić information content (AvgIpc) is 2.16. The molecule has 1 heterocycles. The molecule has 0 aromatic carbocycles. The van der Waals surface area contributed by atoms with E-state index in [2.05, 4.69) is 4.98 Å². The Balaban J connectivity index is 3.75. The maximum absolute atomic E-state index is 7.57. The number of nitrogens with zero attached hydrogens (tertiary/aromatic N) is 1. The Morgan fingerprint density at radius 3 is 2.47 bits per heavy atom. The first-order valence-corrected chi connectivity index (χ1v) is 4.69. The summed E-state index contributed by atoms with van der Waals surface area (Å²) in [6, 6.07) is 1.91. The van der Waals surface area contributed by atoms with Crippen molar-refractivity contribution in [3.63, 3.8) is 0 Å². The van der Waals surface area contributed by atoms with Crippen molar-refractivity contribution in [3.05, 3.63) is 27.9 Å². The fraction of sp³-hybridized carbons (Fsp3) is 0.273. The lowest BCUT2D eigenvalue weighted by atomic mass is 10.1. The highest BCUT2D eigenvalue weighted by molar-refractivity contribution is 5.95. The lowest BCUT2D eigenvalue weighted by molar-refractivity contribution is 1.13. The van der Waals surface area contributed by atoms with Gasteiger partial charge in [0.1, 0.15) is 0 Å². The van der Waals surface area contributed by atoms with Crippen LogP contribution in [0, 0.1) is 12.3 Å². The monoisotopic (exact) mass is 204 g/mol. The topological polar surface area (TPSA) is 88.8 Å². The molecule has 0 fully saturated rings. The van der Waals surface area contributed by atoms with Crippen LogP contribution in [0.5, 0.6) is 0 Å². The summed E-state index contributed by atoms with van der Waals surface area (Å²) in [5.74, 6) is 0. The molecule has 0 saturated heterocycles. The molecule has 0 radical (unpaired) electrons. The highest BCUT2D eigenvalue weighted by atomic mass is 14.7. The van der Waals surface area contributed by atoms with Gasteiger partial charge in [0, 0.05) is 17.1 Å². The third-order valence-electron chi connectivity index (χ3n) is 2.18. The van der Waals surface area contributed by atoms with Crippen LogP contribution >= 0.6 is 0 Å². The predicted octanol–water partition coefficient (Wildman–Crippen LogP) is -0.439. The zero-order chi connectivity index (χ0) is 11.6. The molecule has 0 atom stereocenters. The smallest absolute Gasteiger partial charge is 0.0881 e. The van der Waals surface area contributed by atoms with Crippen LogP contribution in [0.2, 0.25) is 0 Å². The minimum absolute atomic E-state index is 0.428. The number of pyridine rings is 1. The van der Waals surface area contributed by atoms with E-state index >= 15 is 0 Å². The lowest BCUT2D eigenvalue weighted by Gasteiger charge is -2.04. The molecule has 1 aromatic heterocycles. The summed E-state index contributed by atoms with van der Waals surface area (Å²) in [5, 5.41) is 9.03. The summed E-state index contributed by atoms with van der Waals surface area (Å²) in [6.07, 6.45) is 1.41. The Morgan fingerprint density at radius 2 is 2.07 bits per heavy atom. The third-order valence-corrected chi connectivity index (χ3v) is 2.18. The summed E-state index contributed by atoms with van der Waals surface area (Å²) in [5.41, 5.74) is 13.9. The predicted molar refractivity (Wildman–Crippen MR) is 62.6 cm³/mol. The lowest BCUT2D eigenvalue weighted by Crippen LogP contribution is -2.35. The summed E-state index contributed by atoms with van der Waals surface area (Å²) >= 11 is 0. The molecule has 5 N–H and O–H groups in total. The van der Waals surface area contributed by atoms with Gasteiger partial charge in [0.2, 0.25) is 0 Å². The van der Waals surface area contributed by atoms with E-state index in [1.807, 2.05) is 13.0 Å². The Labute approximate surface area is 88.8 Å². The van der Waals surface area contributed by atoms with Gasteiger partial charge in [0.25, 0.3) is 0 Å². The Hall–Kier alpha value is -1.84. The van der Waals surface area contributed by atoms with E-state index in [0.717, 1.165) is 10.8 Å². The Bertz CT molecular complexity index is 510. The van der Waals surface area contributed by atoms with E-state index < -0.39 is 0 Å². The summed E-state index contributed by atoms with van der Waals surface area (Å²) in [7, 11) is 0. The van der Waals surface area contributed by atoms with Crippen LogP contribution in [0.4, 0.5) is 0 Å². The maximum Gasteiger partial charge on any atom is 0.0881 e. The Kier molecular flexibility index (Phi) is 3.09. The maximum atomic E-state index is 7.57. The van der Waals surface area contributed by atoms with Gasteiger partial charge in [-0.2, -0.15) is 0 Å². The van der Waals surface area contributed by atoms with E-state index in [4.69, 9.17) is 16.9 Å². The fourth-order valence-electron chi connectivity index (χ4n) is 1.45. The van der Waals surface area contributed by atoms with Crippen molar-refractivity contribution in [3.8, 4) is 0 Å². The molecule has 4 heteroatoms. The quantitative estimate of drug-likeness (QED) is 0.542. The molecule has 0 bridgehead atoms. The number of rotatable bonds is 1. The Morgan fingerprint density at radius 1 is 1.47 bits per heavy atom. The van der Waals surface area contributed by atoms with Crippen LogP contribution in [-0.4, -0.2) is 10.7 Å². The second-order valence-corrected chi connectivity index (χ2v) is 3.56. The second kappa shape index (κ2) is 4.13. The molecule has 0 amide bonds. The molecule has 1 aromatic rings. The van der Waals surface area contributed by atoms with Gasteiger partial charge in [-0.3, -0.25) is 0 Å². The molecule has 0 spiro atoms. The van der Waals surface area contributed by atoms with E-state index in [9.17, 15) is 0 Å². The molecule has 0 saturated carbocycles. The highest BCUT2D eigenvalue weighted by Crippen LogP contribution is 1.99. The van der Waals surface area contributed by atoms with Gasteiger partial charge >= 0.3 is 0 Å². The first kappa shape index (κ1) is 11.2. The van der Waals surface area contributed by atoms with E-state index in [1.165, 1.54) is 6.20 Å². The molecule has 0 aliphatic rings. The first-order valence-electron chi connectivity index (χ1n) is 4.69. The van der Waals surface area contributed by atoms with Gasteiger partial charge < -0.3 is 16.9 Å². The van der Waals surface area contributed by atoms with E-state index in [0.29, 0.717) is 22.5 Å². The number of aryl methyl sites for hydroxylation is 1. The SMILES string of the molecule is CC(=N)c1nc(=C/N)/c(=C(/C)N)cc1C. The first-order chi connectivity index (χ1) is 6.97. The standard InChI is InChI=1S/C11H16N4/c1-6-4-9(7(2)13)10(5-12)15-11(6)8(3)14/h4-5,14H,12-13H2,1-3H3/b9-7-,10-5+,14-8?.